The lowest BCUT2D eigenvalue weighted by Gasteiger charge is -2.30. The number of hydrazone groups is 1. The van der Waals surface area contributed by atoms with Crippen LogP contribution < -0.4 is 15.5 Å². The number of nitrogens with zero attached hydrogens (tertiary/aromatic N) is 1. The van der Waals surface area contributed by atoms with Crippen molar-refractivity contribution >= 4 is 23.0 Å². The molecule has 0 aliphatic heterocycles. The summed E-state index contributed by atoms with van der Waals surface area (Å²) in [6.45, 7) is 4.07. The fourth-order valence-corrected chi connectivity index (χ4v) is 3.06. The van der Waals surface area contributed by atoms with Gasteiger partial charge in [0.15, 0.2) is 5.11 Å². The molecule has 0 saturated heterocycles. The molecule has 0 bridgehead atoms. The lowest BCUT2D eigenvalue weighted by atomic mass is 9.86. The molecule has 0 aromatic heterocycles. The van der Waals surface area contributed by atoms with Gasteiger partial charge >= 0.3 is 0 Å². The van der Waals surface area contributed by atoms with Crippen LogP contribution in [0.2, 0.25) is 0 Å². The minimum absolute atomic E-state index is 0.161. The highest BCUT2D eigenvalue weighted by Crippen LogP contribution is 2.24. The highest BCUT2D eigenvalue weighted by atomic mass is 32.1. The topological polar surface area (TPSA) is 65.9 Å². The first kappa shape index (κ1) is 17.5. The van der Waals surface area contributed by atoms with Crippen LogP contribution in [0.25, 0.3) is 0 Å². The fraction of sp³-hybridized carbons (Fsp3) is 0.529. The van der Waals surface area contributed by atoms with Crippen molar-refractivity contribution in [3.05, 3.63) is 23.8 Å². The summed E-state index contributed by atoms with van der Waals surface area (Å²) >= 11 is 5.32. The highest BCUT2D eigenvalue weighted by Gasteiger charge is 2.21. The Hall–Kier alpha value is -1.82. The molecule has 2 rings (SSSR count). The number of thiocarbonyl (C=S) groups is 1. The molecule has 1 aromatic rings. The van der Waals surface area contributed by atoms with Crippen LogP contribution in [0.1, 0.15) is 45.1 Å². The van der Waals surface area contributed by atoms with Gasteiger partial charge in [-0.1, -0.05) is 19.8 Å². The van der Waals surface area contributed by atoms with Crippen molar-refractivity contribution in [2.45, 2.75) is 45.6 Å². The quantitative estimate of drug-likeness (QED) is 0.448. The number of hydrogen-bond acceptors (Lipinski definition) is 4. The molecule has 1 fully saturated rings. The lowest BCUT2D eigenvalue weighted by molar-refractivity contribution is 0.308. The van der Waals surface area contributed by atoms with Crippen LogP contribution in [0.15, 0.2) is 23.3 Å². The third-order valence-electron chi connectivity index (χ3n) is 4.35. The first-order valence-corrected chi connectivity index (χ1v) is 8.40. The monoisotopic (exact) mass is 335 g/mol. The Morgan fingerprint density at radius 3 is 2.78 bits per heavy atom. The van der Waals surface area contributed by atoms with Gasteiger partial charge in [-0.25, -0.2) is 0 Å². The second-order valence-corrected chi connectivity index (χ2v) is 6.44. The third-order valence-corrected chi connectivity index (χ3v) is 4.56. The zero-order valence-corrected chi connectivity index (χ0v) is 14.7. The molecular formula is C17H25N3O2S. The van der Waals surface area contributed by atoms with Gasteiger partial charge in [-0.2, -0.15) is 5.10 Å². The Labute approximate surface area is 143 Å². The zero-order chi connectivity index (χ0) is 16.8. The Bertz CT molecular complexity index is 589. The van der Waals surface area contributed by atoms with E-state index in [1.54, 1.807) is 25.3 Å². The molecule has 1 aliphatic rings. The minimum atomic E-state index is 0.161. The van der Waals surface area contributed by atoms with E-state index in [2.05, 4.69) is 22.8 Å². The SMILES string of the molecule is COc1ccc(O)c(/C(C)=N/NC(=S)N[C@@H]2CCCC[C@@H]2C)c1. The number of rotatable bonds is 4. The van der Waals surface area contributed by atoms with E-state index in [1.807, 2.05) is 6.92 Å². The molecule has 1 aliphatic carbocycles. The van der Waals surface area contributed by atoms with Crippen molar-refractivity contribution in [2.24, 2.45) is 11.0 Å². The van der Waals surface area contributed by atoms with E-state index in [-0.39, 0.29) is 5.75 Å². The molecule has 6 heteroatoms. The van der Waals surface area contributed by atoms with Crippen LogP contribution in [0, 0.1) is 5.92 Å². The average Bonchev–Trinajstić information content (AvgIpc) is 2.55. The second-order valence-electron chi connectivity index (χ2n) is 6.03. The lowest BCUT2D eigenvalue weighted by Crippen LogP contribution is -2.44. The molecule has 23 heavy (non-hydrogen) atoms. The summed E-state index contributed by atoms with van der Waals surface area (Å²) in [6.07, 6.45) is 4.92. The van der Waals surface area contributed by atoms with Crippen LogP contribution in [-0.4, -0.2) is 29.1 Å². The number of hydrogen-bond donors (Lipinski definition) is 3. The molecule has 0 unspecified atom stereocenters. The van der Waals surface area contributed by atoms with E-state index < -0.39 is 0 Å². The molecule has 0 spiro atoms. The normalized spacial score (nSPS) is 21.6. The molecule has 0 radical (unpaired) electrons. The van der Waals surface area contributed by atoms with E-state index in [4.69, 9.17) is 17.0 Å². The summed E-state index contributed by atoms with van der Waals surface area (Å²) in [7, 11) is 1.59. The van der Waals surface area contributed by atoms with Crippen molar-refractivity contribution in [3.63, 3.8) is 0 Å². The standard InChI is InChI=1S/C17H25N3O2S/c1-11-6-4-5-7-15(11)18-17(23)20-19-12(2)14-10-13(22-3)8-9-16(14)21/h8-11,15,21H,4-7H2,1-3H3,(H2,18,20,23)/b19-12+/t11-,15+/m0/s1. The van der Waals surface area contributed by atoms with Gasteiger partial charge in [0, 0.05) is 11.6 Å². The first-order chi connectivity index (χ1) is 11.0. The number of aromatic hydroxyl groups is 1. The number of methoxy groups -OCH3 is 1. The van der Waals surface area contributed by atoms with E-state index in [1.165, 1.54) is 19.3 Å². The summed E-state index contributed by atoms with van der Waals surface area (Å²) in [4.78, 5) is 0. The number of benzene rings is 1. The van der Waals surface area contributed by atoms with Crippen molar-refractivity contribution in [1.82, 2.24) is 10.7 Å². The minimum Gasteiger partial charge on any atom is -0.507 e. The molecule has 5 nitrogen and oxygen atoms in total. The van der Waals surface area contributed by atoms with Crippen LogP contribution in [0.4, 0.5) is 0 Å². The van der Waals surface area contributed by atoms with E-state index in [0.29, 0.717) is 34.1 Å². The van der Waals surface area contributed by atoms with Crippen LogP contribution in [-0.2, 0) is 0 Å². The molecular weight excluding hydrogens is 310 g/mol. The number of nitrogens with one attached hydrogen (secondary N) is 2. The Morgan fingerprint density at radius 1 is 1.35 bits per heavy atom. The van der Waals surface area contributed by atoms with Crippen LogP contribution in [0.5, 0.6) is 11.5 Å². The predicted octanol–water partition coefficient (Wildman–Crippen LogP) is 3.17. The maximum atomic E-state index is 9.95. The zero-order valence-electron chi connectivity index (χ0n) is 13.9. The van der Waals surface area contributed by atoms with Crippen LogP contribution >= 0.6 is 12.2 Å². The van der Waals surface area contributed by atoms with Crippen molar-refractivity contribution in [3.8, 4) is 11.5 Å². The Balaban J connectivity index is 1.97. The average molecular weight is 335 g/mol. The van der Waals surface area contributed by atoms with Gasteiger partial charge in [-0.05, 0) is 56.1 Å². The Morgan fingerprint density at radius 2 is 2.09 bits per heavy atom. The van der Waals surface area contributed by atoms with E-state index in [0.717, 1.165) is 6.42 Å². The number of phenolic OH excluding ortho intramolecular Hbond substituents is 1. The second kappa shape index (κ2) is 8.15. The molecule has 126 valence electrons. The highest BCUT2D eigenvalue weighted by molar-refractivity contribution is 7.80. The van der Waals surface area contributed by atoms with E-state index >= 15 is 0 Å². The first-order valence-electron chi connectivity index (χ1n) is 7.99. The maximum absolute atomic E-state index is 9.95. The summed E-state index contributed by atoms with van der Waals surface area (Å²) in [5, 5.41) is 18.1. The van der Waals surface area contributed by atoms with Crippen LogP contribution in [0.3, 0.4) is 0 Å². The maximum Gasteiger partial charge on any atom is 0.187 e. The molecule has 0 amide bonds. The fourth-order valence-electron chi connectivity index (χ4n) is 2.86. The van der Waals surface area contributed by atoms with Crippen molar-refractivity contribution in [1.29, 1.82) is 0 Å². The largest absolute Gasteiger partial charge is 0.507 e. The van der Waals surface area contributed by atoms with Gasteiger partial charge in [0.25, 0.3) is 0 Å². The van der Waals surface area contributed by atoms with Gasteiger partial charge in [0.2, 0.25) is 0 Å². The van der Waals surface area contributed by atoms with Gasteiger partial charge in [-0.15, -0.1) is 0 Å². The summed E-state index contributed by atoms with van der Waals surface area (Å²) < 4.78 is 5.17. The smallest absolute Gasteiger partial charge is 0.187 e. The molecule has 1 aromatic carbocycles. The van der Waals surface area contributed by atoms with Gasteiger partial charge in [-0.3, -0.25) is 5.43 Å². The van der Waals surface area contributed by atoms with Crippen molar-refractivity contribution in [2.75, 3.05) is 7.11 Å². The number of phenols is 1. The number of ether oxygens (including phenoxy) is 1. The molecule has 3 N–H and O–H groups in total. The van der Waals surface area contributed by atoms with Gasteiger partial charge in [0.05, 0.1) is 12.8 Å². The summed E-state index contributed by atoms with van der Waals surface area (Å²) in [5.74, 6) is 1.45. The molecule has 2 atom stereocenters. The molecule has 1 saturated carbocycles. The Kier molecular flexibility index (Phi) is 6.21. The summed E-state index contributed by atoms with van der Waals surface area (Å²) in [5.41, 5.74) is 4.13. The van der Waals surface area contributed by atoms with Gasteiger partial charge < -0.3 is 15.2 Å². The van der Waals surface area contributed by atoms with E-state index in [9.17, 15) is 5.11 Å². The molecule has 0 heterocycles. The van der Waals surface area contributed by atoms with Gasteiger partial charge in [0.1, 0.15) is 11.5 Å². The third kappa shape index (κ3) is 4.82. The predicted molar refractivity (Wildman–Crippen MR) is 97.2 cm³/mol. The van der Waals surface area contributed by atoms with Crippen molar-refractivity contribution < 1.29 is 9.84 Å². The summed E-state index contributed by atoms with van der Waals surface area (Å²) in [6, 6.07) is 5.45.